The molecule has 0 fully saturated rings. The summed E-state index contributed by atoms with van der Waals surface area (Å²) in [5, 5.41) is 17.2. The monoisotopic (exact) mass is 144 g/mol. The van der Waals surface area contributed by atoms with Gasteiger partial charge in [-0.05, 0) is 19.3 Å². The number of aliphatic hydroxyl groups excluding tert-OH is 2. The van der Waals surface area contributed by atoms with E-state index in [9.17, 15) is 0 Å². The zero-order valence-electron chi connectivity index (χ0n) is 6.67. The predicted octanol–water partition coefficient (Wildman–Crippen LogP) is 0.944. The largest absolute Gasteiger partial charge is 0.396 e. The lowest BCUT2D eigenvalue weighted by atomic mass is 10.1. The van der Waals surface area contributed by atoms with Crippen LogP contribution in [0.4, 0.5) is 0 Å². The van der Waals surface area contributed by atoms with Crippen LogP contribution >= 0.6 is 0 Å². The smallest absolute Gasteiger partial charge is 0.0639 e. The molecule has 1 atom stereocenters. The molecule has 2 N–H and O–H groups in total. The summed E-state index contributed by atoms with van der Waals surface area (Å²) in [7, 11) is 0. The average Bonchev–Trinajstić information content (AvgIpc) is 1.99. The Kier molecular flexibility index (Phi) is 5.26. The second-order valence-electron chi connectivity index (χ2n) is 2.73. The third-order valence-electron chi connectivity index (χ3n) is 1.43. The lowest BCUT2D eigenvalue weighted by molar-refractivity contribution is 0.238. The summed E-state index contributed by atoms with van der Waals surface area (Å²) < 4.78 is 0. The van der Waals surface area contributed by atoms with Crippen molar-refractivity contribution < 1.29 is 10.2 Å². The van der Waals surface area contributed by atoms with E-state index < -0.39 is 0 Å². The van der Waals surface area contributed by atoms with E-state index in [0.717, 1.165) is 12.0 Å². The van der Waals surface area contributed by atoms with Crippen molar-refractivity contribution >= 4 is 0 Å². The summed E-state index contributed by atoms with van der Waals surface area (Å²) >= 11 is 0. The molecule has 0 bridgehead atoms. The van der Waals surface area contributed by atoms with Crippen molar-refractivity contribution in [1.29, 1.82) is 0 Å². The predicted molar refractivity (Wildman–Crippen MR) is 41.7 cm³/mol. The van der Waals surface area contributed by atoms with Gasteiger partial charge in [0.05, 0.1) is 6.61 Å². The molecule has 0 rings (SSSR count). The van der Waals surface area contributed by atoms with E-state index in [1.807, 2.05) is 19.9 Å². The minimum Gasteiger partial charge on any atom is -0.396 e. The molecule has 2 nitrogen and oxygen atoms in total. The number of allylic oxidation sites excluding steroid dienone is 1. The van der Waals surface area contributed by atoms with E-state index in [1.165, 1.54) is 0 Å². The van der Waals surface area contributed by atoms with E-state index in [0.29, 0.717) is 5.92 Å². The zero-order chi connectivity index (χ0) is 7.98. The highest BCUT2D eigenvalue weighted by molar-refractivity contribution is 4.97. The van der Waals surface area contributed by atoms with Crippen molar-refractivity contribution in [2.75, 3.05) is 13.2 Å². The first-order valence-corrected chi connectivity index (χ1v) is 3.58. The fraction of sp³-hybridized carbons (Fsp3) is 0.750. The van der Waals surface area contributed by atoms with Gasteiger partial charge in [0.25, 0.3) is 0 Å². The van der Waals surface area contributed by atoms with Gasteiger partial charge in [-0.3, -0.25) is 0 Å². The SMILES string of the molecule is C/C(=C\CC(C)CO)CO. The molecule has 0 aromatic heterocycles. The van der Waals surface area contributed by atoms with Crippen molar-refractivity contribution in [3.05, 3.63) is 11.6 Å². The summed E-state index contributed by atoms with van der Waals surface area (Å²) in [5.41, 5.74) is 0.973. The lowest BCUT2D eigenvalue weighted by Gasteiger charge is -2.02. The lowest BCUT2D eigenvalue weighted by Crippen LogP contribution is -1.98. The second-order valence-corrected chi connectivity index (χ2v) is 2.73. The van der Waals surface area contributed by atoms with Crippen LogP contribution in [0.3, 0.4) is 0 Å². The van der Waals surface area contributed by atoms with Gasteiger partial charge < -0.3 is 10.2 Å². The normalized spacial score (nSPS) is 15.4. The Balaban J connectivity index is 3.50. The summed E-state index contributed by atoms with van der Waals surface area (Å²) in [6, 6.07) is 0. The number of aliphatic hydroxyl groups is 2. The summed E-state index contributed by atoms with van der Waals surface area (Å²) in [6.45, 7) is 4.19. The van der Waals surface area contributed by atoms with Crippen LogP contribution in [0.25, 0.3) is 0 Å². The molecular weight excluding hydrogens is 128 g/mol. The molecule has 0 spiro atoms. The molecule has 0 amide bonds. The van der Waals surface area contributed by atoms with Gasteiger partial charge in [-0.1, -0.05) is 18.6 Å². The van der Waals surface area contributed by atoms with Crippen LogP contribution in [0.1, 0.15) is 20.3 Å². The van der Waals surface area contributed by atoms with Crippen LogP contribution < -0.4 is 0 Å². The summed E-state index contributed by atoms with van der Waals surface area (Å²) in [6.07, 6.45) is 2.81. The molecule has 2 heteroatoms. The van der Waals surface area contributed by atoms with Gasteiger partial charge in [0.1, 0.15) is 0 Å². The molecule has 0 saturated heterocycles. The molecule has 0 saturated carbocycles. The van der Waals surface area contributed by atoms with Gasteiger partial charge in [-0.15, -0.1) is 0 Å². The van der Waals surface area contributed by atoms with Gasteiger partial charge in [-0.2, -0.15) is 0 Å². The first-order valence-electron chi connectivity index (χ1n) is 3.58. The first-order chi connectivity index (χ1) is 4.70. The molecule has 0 aliphatic carbocycles. The van der Waals surface area contributed by atoms with Crippen LogP contribution in [0.2, 0.25) is 0 Å². The molecule has 0 heterocycles. The number of hydrogen-bond donors (Lipinski definition) is 2. The minimum atomic E-state index is 0.123. The Morgan fingerprint density at radius 2 is 2.10 bits per heavy atom. The molecule has 0 aromatic rings. The Morgan fingerprint density at radius 3 is 2.50 bits per heavy atom. The van der Waals surface area contributed by atoms with Crippen molar-refractivity contribution in [3.8, 4) is 0 Å². The topological polar surface area (TPSA) is 40.5 Å². The van der Waals surface area contributed by atoms with Crippen LogP contribution in [0.15, 0.2) is 11.6 Å². The van der Waals surface area contributed by atoms with Crippen molar-refractivity contribution in [3.63, 3.8) is 0 Å². The third-order valence-corrected chi connectivity index (χ3v) is 1.43. The van der Waals surface area contributed by atoms with Gasteiger partial charge in [0.2, 0.25) is 0 Å². The van der Waals surface area contributed by atoms with E-state index in [2.05, 4.69) is 0 Å². The van der Waals surface area contributed by atoms with E-state index in [4.69, 9.17) is 10.2 Å². The van der Waals surface area contributed by atoms with Crippen LogP contribution in [-0.2, 0) is 0 Å². The molecule has 10 heavy (non-hydrogen) atoms. The molecule has 0 aromatic carbocycles. The fourth-order valence-corrected chi connectivity index (χ4v) is 0.541. The minimum absolute atomic E-state index is 0.123. The van der Waals surface area contributed by atoms with E-state index >= 15 is 0 Å². The zero-order valence-corrected chi connectivity index (χ0v) is 6.67. The highest BCUT2D eigenvalue weighted by atomic mass is 16.3. The van der Waals surface area contributed by atoms with Crippen LogP contribution in [0, 0.1) is 5.92 Å². The summed E-state index contributed by atoms with van der Waals surface area (Å²) in [4.78, 5) is 0. The van der Waals surface area contributed by atoms with Gasteiger partial charge in [-0.25, -0.2) is 0 Å². The maximum Gasteiger partial charge on any atom is 0.0639 e. The standard InChI is InChI=1S/C8H16O2/c1-7(5-9)3-4-8(2)6-10/h3,8-10H,4-6H2,1-2H3/b7-3+. The Hall–Kier alpha value is -0.340. The van der Waals surface area contributed by atoms with Gasteiger partial charge in [0.15, 0.2) is 0 Å². The average molecular weight is 144 g/mol. The van der Waals surface area contributed by atoms with E-state index in [-0.39, 0.29) is 13.2 Å². The van der Waals surface area contributed by atoms with Crippen molar-refractivity contribution in [1.82, 2.24) is 0 Å². The van der Waals surface area contributed by atoms with Gasteiger partial charge >= 0.3 is 0 Å². The van der Waals surface area contributed by atoms with Crippen LogP contribution in [-0.4, -0.2) is 23.4 Å². The molecule has 0 aliphatic heterocycles. The Bertz CT molecular complexity index is 108. The molecule has 60 valence electrons. The van der Waals surface area contributed by atoms with Crippen molar-refractivity contribution in [2.45, 2.75) is 20.3 Å². The number of hydrogen-bond acceptors (Lipinski definition) is 2. The molecular formula is C8H16O2. The maximum atomic E-state index is 8.63. The molecule has 0 aliphatic rings. The summed E-state index contributed by atoms with van der Waals surface area (Å²) in [5.74, 6) is 0.307. The first kappa shape index (κ1) is 9.66. The van der Waals surface area contributed by atoms with E-state index in [1.54, 1.807) is 0 Å². The highest BCUT2D eigenvalue weighted by Crippen LogP contribution is 2.03. The van der Waals surface area contributed by atoms with Crippen LogP contribution in [0.5, 0.6) is 0 Å². The Morgan fingerprint density at radius 1 is 1.50 bits per heavy atom. The Labute approximate surface area is 62.2 Å². The molecule has 0 radical (unpaired) electrons. The molecule has 1 unspecified atom stereocenters. The quantitative estimate of drug-likeness (QED) is 0.576. The van der Waals surface area contributed by atoms with Gasteiger partial charge in [0, 0.05) is 6.61 Å². The second kappa shape index (κ2) is 5.45. The number of rotatable bonds is 4. The van der Waals surface area contributed by atoms with Crippen molar-refractivity contribution in [2.24, 2.45) is 5.92 Å². The third kappa shape index (κ3) is 4.53. The highest BCUT2D eigenvalue weighted by Gasteiger charge is 1.95. The fourth-order valence-electron chi connectivity index (χ4n) is 0.541. The maximum absolute atomic E-state index is 8.63.